The molecular weight excluding hydrogens is 735 g/mol. The largest absolute Gasteiger partial charge is 0.453 e. The Morgan fingerprint density at radius 1 is 1.03 bits per heavy atom. The summed E-state index contributed by atoms with van der Waals surface area (Å²) in [4.78, 5) is 46.0. The second-order valence-electron chi connectivity index (χ2n) is 16.8. The van der Waals surface area contributed by atoms with Gasteiger partial charge in [-0.3, -0.25) is 9.80 Å². The molecule has 4 heterocycles. The van der Waals surface area contributed by atoms with Crippen molar-refractivity contribution in [1.82, 2.24) is 35.1 Å². The predicted octanol–water partition coefficient (Wildman–Crippen LogP) is 7.93. The van der Waals surface area contributed by atoms with Crippen molar-refractivity contribution in [2.75, 3.05) is 33.9 Å². The number of carbonyl (C=O) groups is 2. The number of hydrogen-bond donors (Lipinski definition) is 4. The number of fused-ring (bicyclic) bond motifs is 3. The number of benzene rings is 3. The number of aromatic amines is 2. The van der Waals surface area contributed by atoms with Crippen LogP contribution in [0.3, 0.4) is 0 Å². The lowest BCUT2D eigenvalue weighted by Gasteiger charge is -2.35. The normalized spacial score (nSPS) is 19.7. The van der Waals surface area contributed by atoms with Gasteiger partial charge in [-0.05, 0) is 87.6 Å². The molecule has 4 N–H and O–H groups in total. The third kappa shape index (κ3) is 8.41. The van der Waals surface area contributed by atoms with Crippen molar-refractivity contribution in [1.29, 1.82) is 0 Å². The van der Waals surface area contributed by atoms with Crippen molar-refractivity contribution < 1.29 is 28.9 Å². The quantitative estimate of drug-likeness (QED) is 0.103. The molecule has 2 aromatic heterocycles. The number of nitrogens with one attached hydrogen (secondary N) is 3. The van der Waals surface area contributed by atoms with Crippen LogP contribution in [0.15, 0.2) is 54.7 Å². The second kappa shape index (κ2) is 16.8. The smallest absolute Gasteiger partial charge is 0.410 e. The van der Waals surface area contributed by atoms with E-state index in [1.165, 1.54) is 7.11 Å². The number of methoxy groups -OCH3 is 2. The Hall–Kier alpha value is -5.42. The zero-order chi connectivity index (χ0) is 41.3. The lowest BCUT2D eigenvalue weighted by molar-refractivity contribution is -0.0440. The van der Waals surface area contributed by atoms with Crippen molar-refractivity contribution in [2.45, 2.75) is 90.8 Å². The molecule has 13 nitrogen and oxygen atoms in total. The van der Waals surface area contributed by atoms with Crippen LogP contribution in [0.5, 0.6) is 0 Å². The summed E-state index contributed by atoms with van der Waals surface area (Å²) in [5.74, 6) is 8.08. The number of alkyl carbamates (subject to hydrolysis) is 1. The number of aliphatic hydroxyl groups is 1. The van der Waals surface area contributed by atoms with Crippen molar-refractivity contribution in [3.63, 3.8) is 0 Å². The minimum Gasteiger partial charge on any atom is -0.453 e. The Labute approximate surface area is 339 Å². The molecule has 0 bridgehead atoms. The molecule has 0 saturated carbocycles. The van der Waals surface area contributed by atoms with E-state index >= 15 is 0 Å². The highest BCUT2D eigenvalue weighted by atomic mass is 16.6. The molecule has 58 heavy (non-hydrogen) atoms. The van der Waals surface area contributed by atoms with E-state index in [0.717, 1.165) is 80.7 Å². The first-order chi connectivity index (χ1) is 27.8. The number of H-pyrrole nitrogens is 2. The van der Waals surface area contributed by atoms with Crippen molar-refractivity contribution in [3.05, 3.63) is 71.9 Å². The van der Waals surface area contributed by atoms with E-state index in [0.29, 0.717) is 19.7 Å². The first kappa shape index (κ1) is 40.8. The predicted molar refractivity (Wildman–Crippen MR) is 224 cm³/mol. The molecule has 0 aliphatic carbocycles. The molecule has 0 spiro atoms. The maximum absolute atomic E-state index is 13.3. The van der Waals surface area contributed by atoms with Gasteiger partial charge in [-0.25, -0.2) is 19.6 Å². The minimum absolute atomic E-state index is 0.0174. The van der Waals surface area contributed by atoms with Crippen LogP contribution < -0.4 is 5.32 Å². The molecule has 5 aromatic rings. The lowest BCUT2D eigenvalue weighted by Crippen LogP contribution is -2.54. The Bertz CT molecular complexity index is 2350. The van der Waals surface area contributed by atoms with Crippen LogP contribution >= 0.6 is 0 Å². The van der Waals surface area contributed by atoms with Gasteiger partial charge in [0.25, 0.3) is 0 Å². The van der Waals surface area contributed by atoms with Crippen LogP contribution in [0.2, 0.25) is 0 Å². The molecule has 2 saturated heterocycles. The van der Waals surface area contributed by atoms with Gasteiger partial charge in [-0.1, -0.05) is 50.1 Å². The fourth-order valence-electron chi connectivity index (χ4n) is 8.46. The van der Waals surface area contributed by atoms with Gasteiger partial charge in [0, 0.05) is 42.6 Å². The van der Waals surface area contributed by atoms with E-state index in [4.69, 9.17) is 24.2 Å². The Morgan fingerprint density at radius 2 is 1.83 bits per heavy atom. The maximum atomic E-state index is 13.3. The number of carbonyl (C=O) groups excluding carboxylic acids is 2. The molecule has 306 valence electrons. The summed E-state index contributed by atoms with van der Waals surface area (Å²) in [6.45, 7) is 13.2. The Kier molecular flexibility index (Phi) is 11.8. The molecule has 2 amide bonds. The van der Waals surface area contributed by atoms with Gasteiger partial charge in [0.15, 0.2) is 0 Å². The number of aromatic nitrogens is 4. The zero-order valence-electron chi connectivity index (χ0n) is 34.7. The van der Waals surface area contributed by atoms with Gasteiger partial charge in [-0.2, -0.15) is 0 Å². The molecule has 0 radical (unpaired) electrons. The summed E-state index contributed by atoms with van der Waals surface area (Å²) in [5.41, 5.74) is 5.89. The Balaban J connectivity index is 1.14. The average Bonchev–Trinajstić information content (AvgIpc) is 4.02. The molecular formula is C45H55N7O6. The number of likely N-dealkylation sites (tertiary alicyclic amines) is 2. The fourth-order valence-corrected chi connectivity index (χ4v) is 8.46. The summed E-state index contributed by atoms with van der Waals surface area (Å²) in [5, 5.41) is 16.3. The highest BCUT2D eigenvalue weighted by Gasteiger charge is 2.41. The van der Waals surface area contributed by atoms with Gasteiger partial charge in [0.05, 0.1) is 54.8 Å². The van der Waals surface area contributed by atoms with Crippen LogP contribution in [-0.2, 0) is 14.2 Å². The van der Waals surface area contributed by atoms with E-state index in [1.54, 1.807) is 12.0 Å². The summed E-state index contributed by atoms with van der Waals surface area (Å²) in [7, 11) is 3.01. The third-order valence-electron chi connectivity index (χ3n) is 11.2. The molecule has 2 aliphatic rings. The van der Waals surface area contributed by atoms with Crippen molar-refractivity contribution >= 4 is 34.0 Å². The highest BCUT2D eigenvalue weighted by Crippen LogP contribution is 2.39. The Morgan fingerprint density at radius 3 is 2.55 bits per heavy atom. The minimum atomic E-state index is -0.907. The summed E-state index contributed by atoms with van der Waals surface area (Å²) < 4.78 is 16.1. The fraction of sp³-hybridized carbons (Fsp3) is 0.467. The van der Waals surface area contributed by atoms with E-state index in [-0.39, 0.29) is 30.0 Å². The van der Waals surface area contributed by atoms with Crippen molar-refractivity contribution in [2.24, 2.45) is 11.8 Å². The van der Waals surface area contributed by atoms with Crippen LogP contribution in [0.1, 0.15) is 90.1 Å². The lowest BCUT2D eigenvalue weighted by atomic mass is 9.95. The van der Waals surface area contributed by atoms with Crippen molar-refractivity contribution in [3.8, 4) is 34.2 Å². The van der Waals surface area contributed by atoms with Crippen LogP contribution in [-0.4, -0.2) is 98.8 Å². The maximum Gasteiger partial charge on any atom is 0.410 e. The molecule has 13 heteroatoms. The van der Waals surface area contributed by atoms with Gasteiger partial charge in [-0.15, -0.1) is 5.92 Å². The van der Waals surface area contributed by atoms with E-state index in [2.05, 4.69) is 69.6 Å². The molecule has 3 aromatic carbocycles. The number of rotatable bonds is 10. The number of ether oxygens (including phenoxy) is 3. The number of nitrogens with zero attached hydrogens (tertiary/aromatic N) is 4. The molecule has 1 unspecified atom stereocenters. The van der Waals surface area contributed by atoms with E-state index < -0.39 is 24.0 Å². The molecule has 2 aliphatic heterocycles. The monoisotopic (exact) mass is 789 g/mol. The summed E-state index contributed by atoms with van der Waals surface area (Å²) >= 11 is 0. The number of aliphatic hydroxyl groups excluding tert-OH is 1. The zero-order valence-corrected chi connectivity index (χ0v) is 34.7. The third-order valence-corrected chi connectivity index (χ3v) is 11.2. The van der Waals surface area contributed by atoms with Gasteiger partial charge in [0.2, 0.25) is 0 Å². The standard InChI is InChI=1S/C45H55N7O6/c1-9-11-28-22-31(35-23-46-40(48-35)36-12-10-19-51(36)42(53)38(26(2)3)50-43(54)57-8)14-16-32(28)29-13-17-33-30(21-29)15-18-34-39(33)49-41(47-34)37-20-27(25-56-7)24-52(37)44(55)58-45(4,5)6/h13-18,21-23,26-27,36-38,42,53H,10,12,19-20,24-25H2,1-8H3,(H,46,48)(H,47,49)(H,50,54)/t27-,36-,37-,38-,42?/m0/s1. The van der Waals surface area contributed by atoms with Gasteiger partial charge >= 0.3 is 12.2 Å². The first-order valence-corrected chi connectivity index (χ1v) is 20.1. The summed E-state index contributed by atoms with van der Waals surface area (Å²) in [6, 6.07) is 15.9. The molecule has 7 rings (SSSR count). The van der Waals surface area contributed by atoms with Gasteiger partial charge in [0.1, 0.15) is 23.5 Å². The topological polar surface area (TPSA) is 158 Å². The first-order valence-electron chi connectivity index (χ1n) is 20.1. The average molecular weight is 790 g/mol. The van der Waals surface area contributed by atoms with Crippen LogP contribution in [0.25, 0.3) is 44.2 Å². The van der Waals surface area contributed by atoms with Crippen LogP contribution in [0.4, 0.5) is 9.59 Å². The SMILES string of the molecule is CC#Cc1cc(-c2cnc([C@@H]3CCCN3C(O)[C@@H](NC(=O)OC)C(C)C)[nH]2)ccc1-c1ccc2c(ccc3nc([C@@H]4C[C@H](COC)CN4C(=O)OC(C)(C)C)[nH]c32)c1. The molecule has 2 fully saturated rings. The second-order valence-corrected chi connectivity index (χ2v) is 16.8. The number of imidazole rings is 2. The van der Waals surface area contributed by atoms with Crippen LogP contribution in [0, 0.1) is 23.7 Å². The summed E-state index contributed by atoms with van der Waals surface area (Å²) in [6.07, 6.45) is 2.46. The number of amides is 2. The van der Waals surface area contributed by atoms with E-state index in [9.17, 15) is 14.7 Å². The van der Waals surface area contributed by atoms with E-state index in [1.807, 2.05) is 58.7 Å². The molecule has 5 atom stereocenters. The van der Waals surface area contributed by atoms with Gasteiger partial charge < -0.3 is 34.6 Å². The number of hydrogen-bond acceptors (Lipinski definition) is 9. The highest BCUT2D eigenvalue weighted by molar-refractivity contribution is 6.05.